The fraction of sp³-hybridized carbons (Fsp3) is 0.379. The lowest BCUT2D eigenvalue weighted by Crippen LogP contribution is -2.53. The monoisotopic (exact) mass is 569 g/mol. The molecule has 2 aromatic carbocycles. The molecule has 1 aromatic heterocycles. The molecule has 40 heavy (non-hydrogen) atoms. The van der Waals surface area contributed by atoms with Crippen molar-refractivity contribution >= 4 is 46.8 Å². The van der Waals surface area contributed by atoms with Crippen LogP contribution in [-0.2, 0) is 32.1 Å². The van der Waals surface area contributed by atoms with Gasteiger partial charge in [0.05, 0.1) is 26.3 Å². The van der Waals surface area contributed by atoms with E-state index in [1.807, 2.05) is 48.5 Å². The molecule has 214 valence electrons. The highest BCUT2D eigenvalue weighted by Gasteiger charge is 2.37. The average molecular weight is 570 g/mol. The van der Waals surface area contributed by atoms with Crippen LogP contribution in [0.15, 0.2) is 54.7 Å². The van der Waals surface area contributed by atoms with E-state index in [4.69, 9.17) is 15.2 Å². The Bertz CT molecular complexity index is 1320. The Morgan fingerprint density at radius 1 is 1.12 bits per heavy atom. The standard InChI is InChI=1S/C29H35N5O5.ClH/c1-3-39-26(35)18-32-24(16-19-6-9-22(38-2)10-7-19)29(37)34-14-4-5-25(34)28(36)33-17-20-8-11-23-21(15-20)12-13-31-27(23)30;/h6-13,15,24-25,32H,3-5,14,16-18H2,1-2H3,(H2,30,31)(H,33,36);1H/t24-,25+;/m1./s1. The third kappa shape index (κ3) is 7.61. The molecule has 2 heterocycles. The second kappa shape index (κ2) is 14.5. The van der Waals surface area contributed by atoms with E-state index in [-0.39, 0.29) is 37.4 Å². The molecule has 3 aromatic rings. The summed E-state index contributed by atoms with van der Waals surface area (Å²) in [6, 6.07) is 13.8. The minimum absolute atomic E-state index is 0. The number of pyridine rings is 1. The maximum absolute atomic E-state index is 13.7. The summed E-state index contributed by atoms with van der Waals surface area (Å²) in [6.07, 6.45) is 3.30. The number of nitrogen functional groups attached to an aromatic ring is 1. The van der Waals surface area contributed by atoms with E-state index >= 15 is 0 Å². The van der Waals surface area contributed by atoms with Crippen LogP contribution < -0.4 is 21.1 Å². The number of anilines is 1. The zero-order chi connectivity index (χ0) is 27.8. The van der Waals surface area contributed by atoms with Gasteiger partial charge < -0.3 is 25.4 Å². The molecule has 10 nitrogen and oxygen atoms in total. The van der Waals surface area contributed by atoms with E-state index in [1.54, 1.807) is 25.1 Å². The van der Waals surface area contributed by atoms with Crippen LogP contribution in [0.5, 0.6) is 5.75 Å². The van der Waals surface area contributed by atoms with Crippen LogP contribution in [0.3, 0.4) is 0 Å². The normalized spacial score (nSPS) is 15.2. The lowest BCUT2D eigenvalue weighted by Gasteiger charge is -2.29. The molecule has 1 fully saturated rings. The first-order valence-electron chi connectivity index (χ1n) is 13.1. The summed E-state index contributed by atoms with van der Waals surface area (Å²) >= 11 is 0. The van der Waals surface area contributed by atoms with Gasteiger partial charge in [-0.15, -0.1) is 12.4 Å². The highest BCUT2D eigenvalue weighted by molar-refractivity contribution is 5.92. The minimum atomic E-state index is -0.698. The maximum Gasteiger partial charge on any atom is 0.319 e. The Labute approximate surface area is 240 Å². The van der Waals surface area contributed by atoms with Crippen molar-refractivity contribution in [3.05, 3.63) is 65.9 Å². The first kappa shape index (κ1) is 30.6. The third-order valence-electron chi connectivity index (χ3n) is 6.86. The first-order valence-corrected chi connectivity index (χ1v) is 13.1. The molecule has 0 radical (unpaired) electrons. The minimum Gasteiger partial charge on any atom is -0.497 e. The summed E-state index contributed by atoms with van der Waals surface area (Å²) in [4.78, 5) is 44.7. The van der Waals surface area contributed by atoms with Gasteiger partial charge in [-0.3, -0.25) is 19.7 Å². The fourth-order valence-electron chi connectivity index (χ4n) is 4.83. The van der Waals surface area contributed by atoms with Crippen LogP contribution in [0.1, 0.15) is 30.9 Å². The van der Waals surface area contributed by atoms with Crippen LogP contribution in [-0.4, -0.2) is 66.6 Å². The van der Waals surface area contributed by atoms with Crippen LogP contribution in [0.4, 0.5) is 5.82 Å². The van der Waals surface area contributed by atoms with Gasteiger partial charge in [0.25, 0.3) is 0 Å². The highest BCUT2D eigenvalue weighted by Crippen LogP contribution is 2.22. The molecule has 1 aliphatic heterocycles. The van der Waals surface area contributed by atoms with E-state index in [0.717, 1.165) is 28.3 Å². The van der Waals surface area contributed by atoms with Gasteiger partial charge in [-0.05, 0) is 67.0 Å². The second-order valence-corrected chi connectivity index (χ2v) is 9.45. The second-order valence-electron chi connectivity index (χ2n) is 9.45. The average Bonchev–Trinajstić information content (AvgIpc) is 3.44. The molecule has 1 aliphatic rings. The summed E-state index contributed by atoms with van der Waals surface area (Å²) in [5.41, 5.74) is 7.76. The zero-order valence-electron chi connectivity index (χ0n) is 22.7. The van der Waals surface area contributed by atoms with Crippen LogP contribution >= 0.6 is 12.4 Å². The van der Waals surface area contributed by atoms with Gasteiger partial charge in [0.1, 0.15) is 17.6 Å². The molecule has 0 spiro atoms. The summed E-state index contributed by atoms with van der Waals surface area (Å²) in [5.74, 6) is 0.312. The van der Waals surface area contributed by atoms with Gasteiger partial charge in [-0.25, -0.2) is 4.98 Å². The van der Waals surface area contributed by atoms with Gasteiger partial charge in [0.2, 0.25) is 11.8 Å². The molecule has 4 rings (SSSR count). The predicted molar refractivity (Wildman–Crippen MR) is 155 cm³/mol. The molecule has 0 saturated carbocycles. The predicted octanol–water partition coefficient (Wildman–Crippen LogP) is 2.62. The largest absolute Gasteiger partial charge is 0.497 e. The quantitative estimate of drug-likeness (QED) is 0.300. The molecule has 0 unspecified atom stereocenters. The summed E-state index contributed by atoms with van der Waals surface area (Å²) in [5, 5.41) is 7.84. The molecule has 2 atom stereocenters. The van der Waals surface area contributed by atoms with Crippen molar-refractivity contribution in [2.75, 3.05) is 32.5 Å². The van der Waals surface area contributed by atoms with Crippen LogP contribution in [0.2, 0.25) is 0 Å². The number of likely N-dealkylation sites (tertiary alicyclic amines) is 1. The topological polar surface area (TPSA) is 136 Å². The number of ether oxygens (including phenoxy) is 2. The van der Waals surface area contributed by atoms with E-state index in [0.29, 0.717) is 37.5 Å². The van der Waals surface area contributed by atoms with Gasteiger partial charge in [-0.1, -0.05) is 24.3 Å². The number of nitrogens with one attached hydrogen (secondary N) is 2. The van der Waals surface area contributed by atoms with E-state index in [2.05, 4.69) is 15.6 Å². The number of hydrogen-bond donors (Lipinski definition) is 3. The number of carbonyl (C=O) groups excluding carboxylic acids is 3. The molecule has 4 N–H and O–H groups in total. The Kier molecular flexibility index (Phi) is 11.1. The number of methoxy groups -OCH3 is 1. The Hall–Kier alpha value is -3.89. The summed E-state index contributed by atoms with van der Waals surface area (Å²) < 4.78 is 10.3. The highest BCUT2D eigenvalue weighted by atomic mass is 35.5. The van der Waals surface area contributed by atoms with Crippen molar-refractivity contribution in [2.24, 2.45) is 0 Å². The van der Waals surface area contributed by atoms with Gasteiger partial charge in [0, 0.05) is 24.7 Å². The number of fused-ring (bicyclic) bond motifs is 1. The third-order valence-corrected chi connectivity index (χ3v) is 6.86. The zero-order valence-corrected chi connectivity index (χ0v) is 23.5. The maximum atomic E-state index is 13.7. The number of hydrogen-bond acceptors (Lipinski definition) is 8. The number of halogens is 1. The summed E-state index contributed by atoms with van der Waals surface area (Å²) in [7, 11) is 1.59. The van der Waals surface area contributed by atoms with E-state index in [9.17, 15) is 14.4 Å². The van der Waals surface area contributed by atoms with Crippen molar-refractivity contribution in [3.8, 4) is 5.75 Å². The molecule has 0 bridgehead atoms. The lowest BCUT2D eigenvalue weighted by atomic mass is 10.0. The van der Waals surface area contributed by atoms with Crippen molar-refractivity contribution < 1.29 is 23.9 Å². The molecule has 2 amide bonds. The Balaban J connectivity index is 0.00000441. The van der Waals surface area contributed by atoms with Crippen molar-refractivity contribution in [1.29, 1.82) is 0 Å². The van der Waals surface area contributed by atoms with Crippen LogP contribution in [0.25, 0.3) is 10.8 Å². The Morgan fingerprint density at radius 3 is 2.60 bits per heavy atom. The molecular formula is C29H36ClN5O5. The molecular weight excluding hydrogens is 534 g/mol. The van der Waals surface area contributed by atoms with Crippen molar-refractivity contribution in [2.45, 2.75) is 44.8 Å². The number of benzene rings is 2. The SMILES string of the molecule is CCOC(=O)CN[C@H](Cc1ccc(OC)cc1)C(=O)N1CCC[C@H]1C(=O)NCc1ccc2c(N)nccc2c1.Cl. The Morgan fingerprint density at radius 2 is 1.88 bits per heavy atom. The number of nitrogens with zero attached hydrogens (tertiary/aromatic N) is 2. The smallest absolute Gasteiger partial charge is 0.319 e. The van der Waals surface area contributed by atoms with Gasteiger partial charge in [-0.2, -0.15) is 0 Å². The van der Waals surface area contributed by atoms with Crippen molar-refractivity contribution in [3.63, 3.8) is 0 Å². The number of amides is 2. The number of aromatic nitrogens is 1. The molecule has 1 saturated heterocycles. The number of carbonyl (C=O) groups is 3. The molecule has 0 aliphatic carbocycles. The fourth-order valence-corrected chi connectivity index (χ4v) is 4.83. The van der Waals surface area contributed by atoms with Gasteiger partial charge in [0.15, 0.2) is 0 Å². The number of nitrogens with two attached hydrogens (primary N) is 1. The molecule has 11 heteroatoms. The first-order chi connectivity index (χ1) is 18.9. The van der Waals surface area contributed by atoms with E-state index < -0.39 is 18.1 Å². The number of esters is 1. The van der Waals surface area contributed by atoms with Crippen LogP contribution in [0, 0.1) is 0 Å². The van der Waals surface area contributed by atoms with Crippen molar-refractivity contribution in [1.82, 2.24) is 20.5 Å². The summed E-state index contributed by atoms with van der Waals surface area (Å²) in [6.45, 7) is 2.68. The van der Waals surface area contributed by atoms with E-state index in [1.165, 1.54) is 0 Å². The number of rotatable bonds is 11. The lowest BCUT2D eigenvalue weighted by molar-refractivity contribution is -0.143. The van der Waals surface area contributed by atoms with Gasteiger partial charge >= 0.3 is 5.97 Å².